The molecule has 4 heteroatoms. The first-order valence-corrected chi connectivity index (χ1v) is 4.49. The van der Waals surface area contributed by atoms with Crippen LogP contribution < -0.4 is 0 Å². The largest absolute Gasteiger partial charge is 0.478 e. The van der Waals surface area contributed by atoms with Crippen LogP contribution in [0.2, 0.25) is 0 Å². The molecule has 0 fully saturated rings. The van der Waals surface area contributed by atoms with Crippen LogP contribution in [-0.4, -0.2) is 15.6 Å². The maximum Gasteiger partial charge on any atom is 0.337 e. The maximum atomic E-state index is 13.3. The van der Waals surface area contributed by atoms with Crippen LogP contribution in [0, 0.1) is 12.7 Å². The van der Waals surface area contributed by atoms with Crippen LogP contribution in [0.25, 0.3) is 10.9 Å². The first kappa shape index (κ1) is 9.71. The number of hydrogen-bond donors (Lipinski definition) is 1. The van der Waals surface area contributed by atoms with Crippen molar-refractivity contribution in [3.63, 3.8) is 0 Å². The lowest BCUT2D eigenvalue weighted by Crippen LogP contribution is -1.94. The fourth-order valence-corrected chi connectivity index (χ4v) is 1.68. The number of fused-ring (bicyclic) bond motifs is 1. The second-order valence-electron chi connectivity index (χ2n) is 3.58. The summed E-state index contributed by atoms with van der Waals surface area (Å²) in [6.45, 7) is 1.62. The molecular weight excluding hydrogens is 197 g/mol. The average Bonchev–Trinajstić information content (AvgIpc) is 2.45. The number of nitrogens with zero attached hydrogens (tertiary/aromatic N) is 1. The number of halogens is 1. The molecule has 0 atom stereocenters. The minimum absolute atomic E-state index is 0.204. The van der Waals surface area contributed by atoms with Crippen LogP contribution in [-0.2, 0) is 7.05 Å². The van der Waals surface area contributed by atoms with Gasteiger partial charge in [0.2, 0.25) is 0 Å². The van der Waals surface area contributed by atoms with E-state index < -0.39 is 5.97 Å². The molecule has 2 rings (SSSR count). The van der Waals surface area contributed by atoms with Crippen molar-refractivity contribution in [1.82, 2.24) is 4.57 Å². The highest BCUT2D eigenvalue weighted by Crippen LogP contribution is 2.23. The van der Waals surface area contributed by atoms with Crippen molar-refractivity contribution in [2.45, 2.75) is 6.92 Å². The Hall–Kier alpha value is -1.84. The van der Waals surface area contributed by atoms with Gasteiger partial charge < -0.3 is 9.67 Å². The summed E-state index contributed by atoms with van der Waals surface area (Å²) >= 11 is 0. The van der Waals surface area contributed by atoms with Gasteiger partial charge in [0.15, 0.2) is 0 Å². The number of carboxylic acid groups (broad SMARTS) is 1. The van der Waals surface area contributed by atoms with Crippen LogP contribution >= 0.6 is 0 Å². The number of carboxylic acids is 1. The normalized spacial score (nSPS) is 10.9. The van der Waals surface area contributed by atoms with Crippen LogP contribution in [0.4, 0.5) is 4.39 Å². The van der Waals surface area contributed by atoms with E-state index in [1.54, 1.807) is 24.6 Å². The zero-order valence-corrected chi connectivity index (χ0v) is 8.41. The first-order valence-electron chi connectivity index (χ1n) is 4.49. The topological polar surface area (TPSA) is 42.2 Å². The standard InChI is InChI=1S/C11H10FNO2/c1-6-3-7-8(11(14)15)5-13(2)10(7)4-9(6)12/h3-5H,1-2H3,(H,14,15). The Kier molecular flexibility index (Phi) is 2.00. The minimum atomic E-state index is -0.994. The molecular formula is C11H10FNO2. The van der Waals surface area contributed by atoms with Crippen molar-refractivity contribution >= 4 is 16.9 Å². The van der Waals surface area contributed by atoms with E-state index in [1.165, 1.54) is 12.3 Å². The SMILES string of the molecule is Cc1cc2c(C(=O)O)cn(C)c2cc1F. The molecule has 1 aromatic heterocycles. The molecule has 0 saturated heterocycles. The Morgan fingerprint density at radius 3 is 2.73 bits per heavy atom. The summed E-state index contributed by atoms with van der Waals surface area (Å²) in [7, 11) is 1.70. The molecule has 0 amide bonds. The number of benzene rings is 1. The number of aryl methyl sites for hydroxylation is 2. The first-order chi connectivity index (χ1) is 7.00. The van der Waals surface area contributed by atoms with Crippen molar-refractivity contribution in [2.75, 3.05) is 0 Å². The van der Waals surface area contributed by atoms with E-state index in [4.69, 9.17) is 5.11 Å². The van der Waals surface area contributed by atoms with Gasteiger partial charge in [0.05, 0.1) is 11.1 Å². The summed E-state index contributed by atoms with van der Waals surface area (Å²) in [4.78, 5) is 10.9. The molecule has 0 aliphatic rings. The van der Waals surface area contributed by atoms with E-state index in [-0.39, 0.29) is 11.4 Å². The molecule has 0 bridgehead atoms. The highest BCUT2D eigenvalue weighted by molar-refractivity contribution is 6.03. The lowest BCUT2D eigenvalue weighted by Gasteiger charge is -1.99. The van der Waals surface area contributed by atoms with Gasteiger partial charge in [-0.15, -0.1) is 0 Å². The van der Waals surface area contributed by atoms with Crippen molar-refractivity contribution < 1.29 is 14.3 Å². The van der Waals surface area contributed by atoms with E-state index in [0.717, 1.165) is 0 Å². The molecule has 3 nitrogen and oxygen atoms in total. The molecule has 0 aliphatic carbocycles. The molecule has 1 aromatic carbocycles. The van der Waals surface area contributed by atoms with Gasteiger partial charge in [-0.1, -0.05) is 0 Å². The predicted octanol–water partition coefficient (Wildman–Crippen LogP) is 2.32. The third-order valence-electron chi connectivity index (χ3n) is 2.50. The summed E-state index contributed by atoms with van der Waals surface area (Å²) in [6.07, 6.45) is 1.49. The second kappa shape index (κ2) is 3.08. The molecule has 2 aromatic rings. The van der Waals surface area contributed by atoms with Crippen molar-refractivity contribution in [1.29, 1.82) is 0 Å². The minimum Gasteiger partial charge on any atom is -0.478 e. The van der Waals surface area contributed by atoms with E-state index >= 15 is 0 Å². The third-order valence-corrected chi connectivity index (χ3v) is 2.50. The van der Waals surface area contributed by atoms with E-state index in [0.29, 0.717) is 16.5 Å². The Bertz CT molecular complexity index is 557. The summed E-state index contributed by atoms with van der Waals surface area (Å²) in [6, 6.07) is 2.92. The second-order valence-corrected chi connectivity index (χ2v) is 3.58. The highest BCUT2D eigenvalue weighted by atomic mass is 19.1. The smallest absolute Gasteiger partial charge is 0.337 e. The molecule has 0 aliphatic heterocycles. The van der Waals surface area contributed by atoms with Gasteiger partial charge in [-0.2, -0.15) is 0 Å². The molecule has 15 heavy (non-hydrogen) atoms. The lowest BCUT2D eigenvalue weighted by molar-refractivity contribution is 0.0699. The van der Waals surface area contributed by atoms with Gasteiger partial charge in [-0.25, -0.2) is 9.18 Å². The van der Waals surface area contributed by atoms with Crippen LogP contribution in [0.5, 0.6) is 0 Å². The number of hydrogen-bond acceptors (Lipinski definition) is 1. The van der Waals surface area contributed by atoms with E-state index in [2.05, 4.69) is 0 Å². The van der Waals surface area contributed by atoms with Gasteiger partial charge in [0.25, 0.3) is 0 Å². The molecule has 1 heterocycles. The maximum absolute atomic E-state index is 13.3. The van der Waals surface area contributed by atoms with Crippen molar-refractivity contribution in [2.24, 2.45) is 7.05 Å². The Balaban J connectivity index is 2.88. The fourth-order valence-electron chi connectivity index (χ4n) is 1.68. The van der Waals surface area contributed by atoms with Crippen molar-refractivity contribution in [3.05, 3.63) is 35.3 Å². The summed E-state index contributed by atoms with van der Waals surface area (Å²) in [5.74, 6) is -1.31. The fraction of sp³-hybridized carbons (Fsp3) is 0.182. The monoisotopic (exact) mass is 207 g/mol. The molecule has 0 unspecified atom stereocenters. The average molecular weight is 207 g/mol. The van der Waals surface area contributed by atoms with E-state index in [1.807, 2.05) is 0 Å². The predicted molar refractivity (Wildman–Crippen MR) is 54.6 cm³/mol. The molecule has 1 N–H and O–H groups in total. The number of rotatable bonds is 1. The zero-order chi connectivity index (χ0) is 11.2. The summed E-state index contributed by atoms with van der Waals surface area (Å²) in [5.41, 5.74) is 1.25. The van der Waals surface area contributed by atoms with Gasteiger partial charge >= 0.3 is 5.97 Å². The number of aromatic nitrogens is 1. The van der Waals surface area contributed by atoms with Crippen LogP contribution in [0.15, 0.2) is 18.3 Å². The Labute approximate surface area is 85.7 Å². The Morgan fingerprint density at radius 1 is 1.47 bits per heavy atom. The molecule has 78 valence electrons. The number of carbonyl (C=O) groups is 1. The molecule has 0 spiro atoms. The summed E-state index contributed by atoms with van der Waals surface area (Å²) < 4.78 is 14.9. The van der Waals surface area contributed by atoms with Crippen molar-refractivity contribution in [3.8, 4) is 0 Å². The third kappa shape index (κ3) is 1.38. The van der Waals surface area contributed by atoms with Crippen LogP contribution in [0.1, 0.15) is 15.9 Å². The van der Waals surface area contributed by atoms with Crippen LogP contribution in [0.3, 0.4) is 0 Å². The Morgan fingerprint density at radius 2 is 2.13 bits per heavy atom. The highest BCUT2D eigenvalue weighted by Gasteiger charge is 2.14. The zero-order valence-electron chi connectivity index (χ0n) is 8.41. The van der Waals surface area contributed by atoms with Gasteiger partial charge in [0.1, 0.15) is 5.82 Å². The molecule has 0 saturated carbocycles. The summed E-state index contributed by atoms with van der Waals surface area (Å²) in [5, 5.41) is 9.52. The van der Waals surface area contributed by atoms with Gasteiger partial charge in [0, 0.05) is 18.6 Å². The molecule has 0 radical (unpaired) electrons. The number of aromatic carboxylic acids is 1. The van der Waals surface area contributed by atoms with E-state index in [9.17, 15) is 9.18 Å². The quantitative estimate of drug-likeness (QED) is 0.779. The lowest BCUT2D eigenvalue weighted by atomic mass is 10.1. The van der Waals surface area contributed by atoms with Gasteiger partial charge in [-0.3, -0.25) is 0 Å². The van der Waals surface area contributed by atoms with Gasteiger partial charge in [-0.05, 0) is 24.6 Å².